The Kier molecular flexibility index (Phi) is 4.10. The zero-order valence-electron chi connectivity index (χ0n) is 10.9. The Hall–Kier alpha value is -1.15. The van der Waals surface area contributed by atoms with Gasteiger partial charge >= 0.3 is 0 Å². The van der Waals surface area contributed by atoms with Crippen molar-refractivity contribution in [1.82, 2.24) is 9.29 Å². The summed E-state index contributed by atoms with van der Waals surface area (Å²) in [7, 11) is -1.70. The highest BCUT2D eigenvalue weighted by Gasteiger charge is 2.17. The average Bonchev–Trinajstić information content (AvgIpc) is 2.93. The molecular formula is C12H17N3O2S2. The van der Waals surface area contributed by atoms with Gasteiger partial charge in [0, 0.05) is 36.9 Å². The number of hydrogen-bond donors (Lipinski definition) is 2. The Balaban J connectivity index is 2.16. The van der Waals surface area contributed by atoms with Crippen LogP contribution in [0.1, 0.15) is 16.1 Å². The van der Waals surface area contributed by atoms with E-state index in [0.29, 0.717) is 13.1 Å². The third-order valence-electron chi connectivity index (χ3n) is 2.99. The number of nitrogens with one attached hydrogen (secondary N) is 1. The van der Waals surface area contributed by atoms with Crippen LogP contribution in [0.2, 0.25) is 0 Å². The van der Waals surface area contributed by atoms with Crippen LogP contribution >= 0.6 is 11.3 Å². The lowest BCUT2D eigenvalue weighted by Crippen LogP contribution is -2.22. The molecule has 2 rings (SSSR count). The fourth-order valence-corrected chi connectivity index (χ4v) is 3.78. The molecule has 5 nitrogen and oxygen atoms in total. The van der Waals surface area contributed by atoms with E-state index < -0.39 is 10.0 Å². The lowest BCUT2D eigenvalue weighted by Gasteiger charge is -2.04. The summed E-state index contributed by atoms with van der Waals surface area (Å²) >= 11 is 1.55. The molecule has 0 aliphatic rings. The first-order valence-electron chi connectivity index (χ1n) is 5.82. The van der Waals surface area contributed by atoms with Crippen LogP contribution in [0, 0.1) is 6.92 Å². The quantitative estimate of drug-likeness (QED) is 0.874. The third kappa shape index (κ3) is 3.06. The maximum Gasteiger partial charge on any atom is 0.242 e. The average molecular weight is 299 g/mol. The van der Waals surface area contributed by atoms with Gasteiger partial charge in [-0.3, -0.25) is 0 Å². The van der Waals surface area contributed by atoms with Gasteiger partial charge in [-0.25, -0.2) is 13.1 Å². The molecule has 104 valence electrons. The van der Waals surface area contributed by atoms with Gasteiger partial charge in [-0.15, -0.1) is 11.3 Å². The third-order valence-corrected chi connectivity index (χ3v) is 5.38. The summed E-state index contributed by atoms with van der Waals surface area (Å²) in [6, 6.07) is 3.58. The van der Waals surface area contributed by atoms with Gasteiger partial charge in [0.15, 0.2) is 0 Å². The van der Waals surface area contributed by atoms with Crippen molar-refractivity contribution in [3.63, 3.8) is 0 Å². The van der Waals surface area contributed by atoms with E-state index in [9.17, 15) is 8.42 Å². The lowest BCUT2D eigenvalue weighted by molar-refractivity contribution is 0.581. The molecule has 2 aromatic rings. The van der Waals surface area contributed by atoms with Crippen molar-refractivity contribution in [3.8, 4) is 0 Å². The van der Waals surface area contributed by atoms with Crippen molar-refractivity contribution >= 4 is 21.4 Å². The summed E-state index contributed by atoms with van der Waals surface area (Å²) in [4.78, 5) is 1.28. The second-order valence-electron chi connectivity index (χ2n) is 4.33. The summed E-state index contributed by atoms with van der Waals surface area (Å²) in [6.45, 7) is 2.60. The van der Waals surface area contributed by atoms with Crippen molar-refractivity contribution in [1.29, 1.82) is 0 Å². The second-order valence-corrected chi connectivity index (χ2v) is 7.10. The van der Waals surface area contributed by atoms with Crippen molar-refractivity contribution < 1.29 is 8.42 Å². The maximum atomic E-state index is 12.2. The molecule has 0 aliphatic carbocycles. The molecule has 0 spiro atoms. The van der Waals surface area contributed by atoms with Crippen LogP contribution in [0.15, 0.2) is 28.6 Å². The first kappa shape index (κ1) is 14.3. The number of hydrogen-bond acceptors (Lipinski definition) is 4. The highest BCUT2D eigenvalue weighted by atomic mass is 32.2. The normalized spacial score (nSPS) is 11.9. The van der Waals surface area contributed by atoms with Crippen LogP contribution in [-0.4, -0.2) is 13.0 Å². The van der Waals surface area contributed by atoms with Crippen molar-refractivity contribution in [2.45, 2.75) is 24.9 Å². The zero-order valence-corrected chi connectivity index (χ0v) is 12.5. The molecule has 0 unspecified atom stereocenters. The standard InChI is InChI=1S/C12H17N3O2S2/c1-9-3-4-18-12(9)7-14-19(16,17)11-5-10(6-13)15(2)8-11/h3-5,8,14H,6-7,13H2,1-2H3. The van der Waals surface area contributed by atoms with E-state index in [1.54, 1.807) is 35.2 Å². The van der Waals surface area contributed by atoms with Gasteiger partial charge in [-0.2, -0.15) is 0 Å². The van der Waals surface area contributed by atoms with Gasteiger partial charge in [0.05, 0.1) is 4.90 Å². The zero-order chi connectivity index (χ0) is 14.0. The Morgan fingerprint density at radius 3 is 2.74 bits per heavy atom. The second kappa shape index (κ2) is 5.46. The van der Waals surface area contributed by atoms with Crippen molar-refractivity contribution in [2.24, 2.45) is 12.8 Å². The van der Waals surface area contributed by atoms with Gasteiger partial charge < -0.3 is 10.3 Å². The van der Waals surface area contributed by atoms with Crippen LogP contribution in [0.5, 0.6) is 0 Å². The van der Waals surface area contributed by atoms with Crippen molar-refractivity contribution in [3.05, 3.63) is 39.8 Å². The van der Waals surface area contributed by atoms with E-state index in [-0.39, 0.29) is 4.90 Å². The Bertz CT molecular complexity index is 671. The molecule has 0 aliphatic heterocycles. The highest BCUT2D eigenvalue weighted by Crippen LogP contribution is 2.17. The number of aromatic nitrogens is 1. The molecule has 0 atom stereocenters. The molecular weight excluding hydrogens is 282 g/mol. The molecule has 3 N–H and O–H groups in total. The van der Waals surface area contributed by atoms with Gasteiger partial charge in [-0.05, 0) is 30.0 Å². The summed E-state index contributed by atoms with van der Waals surface area (Å²) in [6.07, 6.45) is 1.58. The Morgan fingerprint density at radius 2 is 2.21 bits per heavy atom. The predicted octanol–water partition coefficient (Wildman–Crippen LogP) is 1.33. The molecule has 7 heteroatoms. The number of thiophene rings is 1. The number of sulfonamides is 1. The first-order chi connectivity index (χ1) is 8.94. The summed E-state index contributed by atoms with van der Waals surface area (Å²) in [5.74, 6) is 0. The minimum atomic E-state index is -3.48. The minimum Gasteiger partial charge on any atom is -0.352 e. The summed E-state index contributed by atoms with van der Waals surface area (Å²) < 4.78 is 28.7. The number of nitrogens with zero attached hydrogens (tertiary/aromatic N) is 1. The topological polar surface area (TPSA) is 77.1 Å². The van der Waals surface area contributed by atoms with Gasteiger partial charge in [0.2, 0.25) is 10.0 Å². The number of aryl methyl sites for hydroxylation is 2. The molecule has 0 saturated heterocycles. The molecule has 0 aromatic carbocycles. The van der Waals surface area contributed by atoms with E-state index in [1.807, 2.05) is 18.4 Å². The van der Waals surface area contributed by atoms with Crippen molar-refractivity contribution in [2.75, 3.05) is 0 Å². The van der Waals surface area contributed by atoms with Gasteiger partial charge in [0.25, 0.3) is 0 Å². The molecule has 19 heavy (non-hydrogen) atoms. The molecule has 2 heterocycles. The number of rotatable bonds is 5. The molecule has 0 fully saturated rings. The lowest BCUT2D eigenvalue weighted by atomic mass is 10.3. The van der Waals surface area contributed by atoms with Crippen LogP contribution in [0.25, 0.3) is 0 Å². The van der Waals surface area contributed by atoms with Gasteiger partial charge in [-0.1, -0.05) is 0 Å². The smallest absolute Gasteiger partial charge is 0.242 e. The van der Waals surface area contributed by atoms with E-state index in [0.717, 1.165) is 16.1 Å². The Morgan fingerprint density at radius 1 is 1.47 bits per heavy atom. The number of nitrogens with two attached hydrogens (primary N) is 1. The van der Waals surface area contributed by atoms with Crippen LogP contribution in [0.4, 0.5) is 0 Å². The summed E-state index contributed by atoms with van der Waals surface area (Å²) in [5.41, 5.74) is 7.43. The first-order valence-corrected chi connectivity index (χ1v) is 8.18. The fraction of sp³-hybridized carbons (Fsp3) is 0.333. The van der Waals surface area contributed by atoms with E-state index >= 15 is 0 Å². The van der Waals surface area contributed by atoms with Crippen LogP contribution in [0.3, 0.4) is 0 Å². The largest absolute Gasteiger partial charge is 0.352 e. The molecule has 0 saturated carbocycles. The van der Waals surface area contributed by atoms with E-state index in [4.69, 9.17) is 5.73 Å². The minimum absolute atomic E-state index is 0.254. The molecule has 0 radical (unpaired) electrons. The SMILES string of the molecule is Cc1ccsc1CNS(=O)(=O)c1cc(CN)n(C)c1. The molecule has 2 aromatic heterocycles. The van der Waals surface area contributed by atoms with Gasteiger partial charge in [0.1, 0.15) is 0 Å². The van der Waals surface area contributed by atoms with E-state index in [1.165, 1.54) is 0 Å². The van der Waals surface area contributed by atoms with Crippen LogP contribution in [-0.2, 0) is 30.2 Å². The van der Waals surface area contributed by atoms with Crippen LogP contribution < -0.4 is 10.5 Å². The predicted molar refractivity (Wildman–Crippen MR) is 76.4 cm³/mol. The van der Waals surface area contributed by atoms with E-state index in [2.05, 4.69) is 4.72 Å². The monoisotopic (exact) mass is 299 g/mol. The molecule has 0 amide bonds. The molecule has 0 bridgehead atoms. The highest BCUT2D eigenvalue weighted by molar-refractivity contribution is 7.89. The maximum absolute atomic E-state index is 12.2. The fourth-order valence-electron chi connectivity index (χ4n) is 1.76. The Labute approximate surface area is 117 Å². The summed E-state index contributed by atoms with van der Waals surface area (Å²) in [5, 5.41) is 1.95.